The quantitative estimate of drug-likeness (QED) is 0.730. The average molecular weight is 237 g/mol. The molecule has 4 saturated carbocycles. The monoisotopic (exact) mass is 237 g/mol. The van der Waals surface area contributed by atoms with Gasteiger partial charge in [-0.05, 0) is 61.7 Å². The predicted octanol–water partition coefficient (Wildman–Crippen LogP) is 1.60. The van der Waals surface area contributed by atoms with Gasteiger partial charge < -0.3 is 5.73 Å². The van der Waals surface area contributed by atoms with E-state index in [1.165, 1.54) is 38.5 Å². The van der Waals surface area contributed by atoms with E-state index in [1.54, 1.807) is 0 Å². The molecule has 0 amide bonds. The summed E-state index contributed by atoms with van der Waals surface area (Å²) in [5.74, 6) is 3.04. The van der Waals surface area contributed by atoms with Gasteiger partial charge in [0.25, 0.3) is 0 Å². The van der Waals surface area contributed by atoms with E-state index < -0.39 is 0 Å². The van der Waals surface area contributed by atoms with E-state index >= 15 is 0 Å². The van der Waals surface area contributed by atoms with Gasteiger partial charge in [-0.3, -0.25) is 10.4 Å². The van der Waals surface area contributed by atoms with Gasteiger partial charge >= 0.3 is 0 Å². The molecule has 4 fully saturated rings. The highest BCUT2D eigenvalue weighted by molar-refractivity contribution is 5.06. The summed E-state index contributed by atoms with van der Waals surface area (Å²) in [4.78, 5) is 0. The zero-order valence-corrected chi connectivity index (χ0v) is 11.3. The maximum Gasteiger partial charge on any atom is 0.0394 e. The molecule has 4 aliphatic rings. The summed E-state index contributed by atoms with van der Waals surface area (Å²) < 4.78 is 0. The summed E-state index contributed by atoms with van der Waals surface area (Å²) in [6.45, 7) is 0.782. The molecule has 0 saturated heterocycles. The number of nitrogens with one attached hydrogen (secondary N) is 1. The molecule has 4 aliphatic carbocycles. The highest BCUT2D eigenvalue weighted by Crippen LogP contribution is 2.61. The first-order valence-electron chi connectivity index (χ1n) is 7.25. The Bertz CT molecular complexity index is 252. The molecular weight excluding hydrogens is 210 g/mol. The molecular formula is C14H27N3. The maximum absolute atomic E-state index is 6.05. The van der Waals surface area contributed by atoms with Gasteiger partial charge in [-0.1, -0.05) is 0 Å². The van der Waals surface area contributed by atoms with Gasteiger partial charge in [0, 0.05) is 26.7 Å². The van der Waals surface area contributed by atoms with Crippen molar-refractivity contribution in [2.24, 2.45) is 28.9 Å². The lowest BCUT2D eigenvalue weighted by Gasteiger charge is -2.59. The fourth-order valence-electron chi connectivity index (χ4n) is 5.36. The van der Waals surface area contributed by atoms with Crippen LogP contribution in [0.4, 0.5) is 0 Å². The molecule has 1 unspecified atom stereocenters. The van der Waals surface area contributed by atoms with E-state index in [4.69, 9.17) is 5.73 Å². The Hall–Kier alpha value is -0.120. The molecule has 3 N–H and O–H groups in total. The molecule has 98 valence electrons. The fourth-order valence-corrected chi connectivity index (χ4v) is 5.36. The molecule has 0 spiro atoms. The minimum absolute atomic E-state index is 0.492. The van der Waals surface area contributed by atoms with Gasteiger partial charge in [0.1, 0.15) is 0 Å². The van der Waals surface area contributed by atoms with Crippen LogP contribution in [0.25, 0.3) is 0 Å². The van der Waals surface area contributed by atoms with Crippen molar-refractivity contribution < 1.29 is 0 Å². The first kappa shape index (κ1) is 11.9. The third-order valence-corrected chi connectivity index (χ3v) is 5.47. The lowest BCUT2D eigenvalue weighted by molar-refractivity contribution is -0.0817. The van der Waals surface area contributed by atoms with Crippen molar-refractivity contribution in [3.63, 3.8) is 0 Å². The molecule has 1 atom stereocenters. The van der Waals surface area contributed by atoms with Crippen molar-refractivity contribution in [2.75, 3.05) is 20.6 Å². The molecule has 0 aliphatic heterocycles. The molecule has 4 rings (SSSR count). The van der Waals surface area contributed by atoms with E-state index in [1.807, 2.05) is 0 Å². The van der Waals surface area contributed by atoms with Gasteiger partial charge in [-0.2, -0.15) is 0 Å². The zero-order valence-electron chi connectivity index (χ0n) is 11.3. The van der Waals surface area contributed by atoms with Crippen LogP contribution in [0.5, 0.6) is 0 Å². The Balaban J connectivity index is 1.80. The largest absolute Gasteiger partial charge is 0.329 e. The highest BCUT2D eigenvalue weighted by Gasteiger charge is 2.53. The Morgan fingerprint density at radius 3 is 1.94 bits per heavy atom. The number of nitrogens with zero attached hydrogens (tertiary/aromatic N) is 1. The lowest BCUT2D eigenvalue weighted by atomic mass is 9.48. The maximum atomic E-state index is 6.05. The highest BCUT2D eigenvalue weighted by atomic mass is 15.5. The second-order valence-electron chi connectivity index (χ2n) is 7.09. The van der Waals surface area contributed by atoms with Gasteiger partial charge in [0.05, 0.1) is 0 Å². The number of rotatable bonds is 4. The third kappa shape index (κ3) is 2.02. The van der Waals surface area contributed by atoms with Crippen molar-refractivity contribution in [1.82, 2.24) is 10.4 Å². The van der Waals surface area contributed by atoms with Crippen LogP contribution in [0.1, 0.15) is 38.5 Å². The second-order valence-corrected chi connectivity index (χ2v) is 7.09. The molecule has 4 bridgehead atoms. The van der Waals surface area contributed by atoms with Crippen LogP contribution in [0.2, 0.25) is 0 Å². The minimum atomic E-state index is 0.492. The van der Waals surface area contributed by atoms with Gasteiger partial charge in [0.2, 0.25) is 0 Å². The van der Waals surface area contributed by atoms with Gasteiger partial charge in [-0.25, -0.2) is 0 Å². The van der Waals surface area contributed by atoms with Crippen LogP contribution in [-0.4, -0.2) is 31.7 Å². The third-order valence-electron chi connectivity index (χ3n) is 5.47. The first-order chi connectivity index (χ1) is 8.11. The van der Waals surface area contributed by atoms with Crippen LogP contribution in [0.3, 0.4) is 0 Å². The van der Waals surface area contributed by atoms with E-state index in [2.05, 4.69) is 24.5 Å². The van der Waals surface area contributed by atoms with Crippen molar-refractivity contribution in [2.45, 2.75) is 44.6 Å². The second kappa shape index (κ2) is 4.22. The van der Waals surface area contributed by atoms with Crippen molar-refractivity contribution in [1.29, 1.82) is 0 Å². The minimum Gasteiger partial charge on any atom is -0.329 e. The Labute approximate surface area is 105 Å². The predicted molar refractivity (Wildman–Crippen MR) is 70.3 cm³/mol. The Morgan fingerprint density at radius 1 is 1.12 bits per heavy atom. The number of hydrazine groups is 1. The van der Waals surface area contributed by atoms with Crippen molar-refractivity contribution in [3.8, 4) is 0 Å². The lowest BCUT2D eigenvalue weighted by Crippen LogP contribution is -2.60. The van der Waals surface area contributed by atoms with Crippen molar-refractivity contribution in [3.05, 3.63) is 0 Å². The fraction of sp³-hybridized carbons (Fsp3) is 1.00. The van der Waals surface area contributed by atoms with Crippen LogP contribution < -0.4 is 11.2 Å². The number of hydrogen-bond donors (Lipinski definition) is 2. The van der Waals surface area contributed by atoms with Crippen LogP contribution in [0, 0.1) is 23.2 Å². The van der Waals surface area contributed by atoms with E-state index in [0.717, 1.165) is 24.3 Å². The van der Waals surface area contributed by atoms with E-state index in [0.29, 0.717) is 11.5 Å². The normalized spacial score (nSPS) is 45.5. The van der Waals surface area contributed by atoms with Crippen LogP contribution in [0.15, 0.2) is 0 Å². The molecule has 17 heavy (non-hydrogen) atoms. The molecule has 0 aromatic rings. The topological polar surface area (TPSA) is 41.3 Å². The molecule has 0 radical (unpaired) electrons. The first-order valence-corrected chi connectivity index (χ1v) is 7.25. The summed E-state index contributed by atoms with van der Waals surface area (Å²) in [6, 6.07) is 0.492. The zero-order chi connectivity index (χ0) is 12.0. The smallest absolute Gasteiger partial charge is 0.0394 e. The average Bonchev–Trinajstić information content (AvgIpc) is 2.23. The Morgan fingerprint density at radius 2 is 1.59 bits per heavy atom. The van der Waals surface area contributed by atoms with E-state index in [-0.39, 0.29) is 0 Å². The van der Waals surface area contributed by atoms with Crippen LogP contribution >= 0.6 is 0 Å². The molecule has 3 nitrogen and oxygen atoms in total. The summed E-state index contributed by atoms with van der Waals surface area (Å²) >= 11 is 0. The number of hydrogen-bond acceptors (Lipinski definition) is 3. The molecule has 3 heteroatoms. The summed E-state index contributed by atoms with van der Waals surface area (Å²) in [5, 5.41) is 2.09. The summed E-state index contributed by atoms with van der Waals surface area (Å²) in [6.07, 6.45) is 8.83. The Kier molecular flexibility index (Phi) is 2.96. The van der Waals surface area contributed by atoms with E-state index in [9.17, 15) is 0 Å². The SMILES string of the molecule is CN(C)NC(CN)C12CC3CC(CC(C3)C1)C2. The molecule has 0 heterocycles. The van der Waals surface area contributed by atoms with Crippen LogP contribution in [-0.2, 0) is 0 Å². The number of nitrogens with two attached hydrogens (primary N) is 1. The summed E-state index contributed by atoms with van der Waals surface area (Å²) in [5.41, 5.74) is 10.2. The van der Waals surface area contributed by atoms with Gasteiger partial charge in [0.15, 0.2) is 0 Å². The molecule has 0 aromatic carbocycles. The summed E-state index contributed by atoms with van der Waals surface area (Å²) in [7, 11) is 4.17. The molecule has 0 aromatic heterocycles. The van der Waals surface area contributed by atoms with Crippen molar-refractivity contribution >= 4 is 0 Å². The standard InChI is InChI=1S/C14H27N3/c1-17(2)16-13(9-15)14-6-10-3-11(7-14)5-12(4-10)8-14/h10-13,16H,3-9,15H2,1-2H3. The van der Waals surface area contributed by atoms with Gasteiger partial charge in [-0.15, -0.1) is 0 Å².